The molecule has 0 spiro atoms. The molecule has 1 fully saturated rings. The Labute approximate surface area is 145 Å². The number of rotatable bonds is 3. The summed E-state index contributed by atoms with van der Waals surface area (Å²) < 4.78 is 5.26. The molecule has 0 amide bonds. The maximum absolute atomic E-state index is 5.26. The summed E-state index contributed by atoms with van der Waals surface area (Å²) in [5.74, 6) is 1.03. The fourth-order valence-corrected chi connectivity index (χ4v) is 3.46. The quantitative estimate of drug-likeness (QED) is 0.587. The van der Waals surface area contributed by atoms with E-state index in [1.54, 1.807) is 6.20 Å². The van der Waals surface area contributed by atoms with Gasteiger partial charge in [-0.2, -0.15) is 0 Å². The van der Waals surface area contributed by atoms with Crippen molar-refractivity contribution in [3.63, 3.8) is 0 Å². The van der Waals surface area contributed by atoms with E-state index in [9.17, 15) is 0 Å². The van der Waals surface area contributed by atoms with Crippen LogP contribution in [0.15, 0.2) is 59.4 Å². The summed E-state index contributed by atoms with van der Waals surface area (Å²) in [4.78, 5) is 8.00. The Morgan fingerprint density at radius 3 is 2.64 bits per heavy atom. The fourth-order valence-electron chi connectivity index (χ4n) is 3.46. The summed E-state index contributed by atoms with van der Waals surface area (Å²) in [5, 5.41) is 8.33. The smallest absolute Gasteiger partial charge is 0.167 e. The molecule has 1 aliphatic heterocycles. The summed E-state index contributed by atoms with van der Waals surface area (Å²) in [7, 11) is 0. The topological polar surface area (TPSA) is 66.7 Å². The highest BCUT2D eigenvalue weighted by Crippen LogP contribution is 2.28. The van der Waals surface area contributed by atoms with Crippen LogP contribution in [0.4, 0.5) is 0 Å². The molecular weight excluding hydrogens is 312 g/mol. The standard InChI is InChI=1S/C20H18N4O/c1-2-17(21-9-1)20-22-12-18(24-20)14-5-3-13(4-6-14)15-7-8-16-11-23-25-19(16)10-15/h3-8,10-12,17,21H,1-2,9H2,(H,22,24)/t17-/m0/s1. The van der Waals surface area contributed by atoms with E-state index >= 15 is 0 Å². The maximum atomic E-state index is 5.26. The molecule has 1 aliphatic rings. The maximum Gasteiger partial charge on any atom is 0.167 e. The molecule has 1 atom stereocenters. The van der Waals surface area contributed by atoms with Gasteiger partial charge in [0, 0.05) is 5.39 Å². The molecule has 2 aromatic carbocycles. The number of aromatic amines is 1. The van der Waals surface area contributed by atoms with Gasteiger partial charge in [-0.05, 0) is 48.2 Å². The number of hydrogen-bond donors (Lipinski definition) is 2. The van der Waals surface area contributed by atoms with Crippen LogP contribution >= 0.6 is 0 Å². The van der Waals surface area contributed by atoms with Gasteiger partial charge in [-0.1, -0.05) is 35.5 Å². The van der Waals surface area contributed by atoms with Crippen LogP contribution in [0.5, 0.6) is 0 Å². The van der Waals surface area contributed by atoms with Gasteiger partial charge in [-0.25, -0.2) is 4.98 Å². The first kappa shape index (κ1) is 14.4. The minimum absolute atomic E-state index is 0.363. The highest BCUT2D eigenvalue weighted by molar-refractivity contribution is 5.82. The molecule has 5 heteroatoms. The molecule has 5 rings (SSSR count). The zero-order chi connectivity index (χ0) is 16.6. The minimum Gasteiger partial charge on any atom is -0.356 e. The van der Waals surface area contributed by atoms with Crippen molar-refractivity contribution in [2.75, 3.05) is 6.54 Å². The second-order valence-corrected chi connectivity index (χ2v) is 6.49. The van der Waals surface area contributed by atoms with Gasteiger partial charge in [-0.15, -0.1) is 0 Å². The van der Waals surface area contributed by atoms with Crippen molar-refractivity contribution in [1.29, 1.82) is 0 Å². The summed E-state index contributed by atoms with van der Waals surface area (Å²) >= 11 is 0. The Bertz CT molecular complexity index is 1010. The normalized spacial score (nSPS) is 17.4. The van der Waals surface area contributed by atoms with Gasteiger partial charge in [0.25, 0.3) is 0 Å². The first-order valence-electron chi connectivity index (χ1n) is 8.60. The molecule has 2 N–H and O–H groups in total. The Morgan fingerprint density at radius 1 is 0.960 bits per heavy atom. The van der Waals surface area contributed by atoms with E-state index in [0.717, 1.165) is 52.1 Å². The molecule has 0 saturated carbocycles. The van der Waals surface area contributed by atoms with Crippen LogP contribution in [0.25, 0.3) is 33.4 Å². The van der Waals surface area contributed by atoms with Crippen molar-refractivity contribution in [2.45, 2.75) is 18.9 Å². The van der Waals surface area contributed by atoms with Gasteiger partial charge < -0.3 is 14.8 Å². The molecule has 0 aliphatic carbocycles. The minimum atomic E-state index is 0.363. The van der Waals surface area contributed by atoms with Crippen LogP contribution in [-0.2, 0) is 0 Å². The van der Waals surface area contributed by atoms with Crippen molar-refractivity contribution in [1.82, 2.24) is 20.4 Å². The molecule has 0 unspecified atom stereocenters. The summed E-state index contributed by atoms with van der Waals surface area (Å²) in [6, 6.07) is 15.0. The second-order valence-electron chi connectivity index (χ2n) is 6.49. The average molecular weight is 330 g/mol. The van der Waals surface area contributed by atoms with Crippen LogP contribution in [-0.4, -0.2) is 21.7 Å². The highest BCUT2D eigenvalue weighted by Gasteiger charge is 2.19. The zero-order valence-electron chi connectivity index (χ0n) is 13.7. The van der Waals surface area contributed by atoms with Crippen molar-refractivity contribution in [3.8, 4) is 22.4 Å². The van der Waals surface area contributed by atoms with E-state index in [2.05, 4.69) is 50.8 Å². The lowest BCUT2D eigenvalue weighted by Gasteiger charge is -2.06. The lowest BCUT2D eigenvalue weighted by molar-refractivity contribution is 0.456. The van der Waals surface area contributed by atoms with E-state index < -0.39 is 0 Å². The molecule has 2 aromatic heterocycles. The van der Waals surface area contributed by atoms with Gasteiger partial charge in [-0.3, -0.25) is 0 Å². The monoisotopic (exact) mass is 330 g/mol. The van der Waals surface area contributed by atoms with Crippen molar-refractivity contribution < 1.29 is 4.52 Å². The third kappa shape index (κ3) is 2.62. The summed E-state index contributed by atoms with van der Waals surface area (Å²) in [5.41, 5.74) is 5.28. The van der Waals surface area contributed by atoms with E-state index in [1.807, 2.05) is 18.3 Å². The third-order valence-corrected chi connectivity index (χ3v) is 4.87. The van der Waals surface area contributed by atoms with E-state index in [0.29, 0.717) is 6.04 Å². The molecule has 1 saturated heterocycles. The first-order chi connectivity index (χ1) is 12.4. The predicted octanol–water partition coefficient (Wildman–Crippen LogP) is 4.31. The largest absolute Gasteiger partial charge is 0.356 e. The van der Waals surface area contributed by atoms with Crippen molar-refractivity contribution in [2.24, 2.45) is 0 Å². The van der Waals surface area contributed by atoms with E-state index in [1.165, 1.54) is 6.42 Å². The third-order valence-electron chi connectivity index (χ3n) is 4.87. The van der Waals surface area contributed by atoms with E-state index in [-0.39, 0.29) is 0 Å². The van der Waals surface area contributed by atoms with Gasteiger partial charge in [0.15, 0.2) is 5.58 Å². The van der Waals surface area contributed by atoms with Crippen LogP contribution in [0.2, 0.25) is 0 Å². The van der Waals surface area contributed by atoms with Gasteiger partial charge in [0.1, 0.15) is 5.82 Å². The lowest BCUT2D eigenvalue weighted by atomic mass is 10.0. The summed E-state index contributed by atoms with van der Waals surface area (Å²) in [6.45, 7) is 1.07. The predicted molar refractivity (Wildman–Crippen MR) is 97.0 cm³/mol. The first-order valence-corrected chi connectivity index (χ1v) is 8.60. The van der Waals surface area contributed by atoms with Gasteiger partial charge >= 0.3 is 0 Å². The Hall–Kier alpha value is -2.92. The van der Waals surface area contributed by atoms with Crippen LogP contribution in [0.3, 0.4) is 0 Å². The molecule has 5 nitrogen and oxygen atoms in total. The SMILES string of the molecule is c1cc(-c2cnc([C@@H]3CCCN3)[nH]2)ccc1-c1ccc2cnoc2c1. The number of benzene rings is 2. The summed E-state index contributed by atoms with van der Waals surface area (Å²) in [6.07, 6.45) is 6.02. The fraction of sp³-hybridized carbons (Fsp3) is 0.200. The molecule has 4 aromatic rings. The molecule has 0 radical (unpaired) electrons. The van der Waals surface area contributed by atoms with Crippen molar-refractivity contribution >= 4 is 11.0 Å². The van der Waals surface area contributed by atoms with Crippen LogP contribution in [0.1, 0.15) is 24.7 Å². The van der Waals surface area contributed by atoms with Gasteiger partial charge in [0.05, 0.1) is 24.1 Å². The zero-order valence-corrected chi connectivity index (χ0v) is 13.7. The van der Waals surface area contributed by atoms with Crippen LogP contribution in [0, 0.1) is 0 Å². The number of H-pyrrole nitrogens is 1. The lowest BCUT2D eigenvalue weighted by Crippen LogP contribution is -2.14. The van der Waals surface area contributed by atoms with E-state index in [4.69, 9.17) is 4.52 Å². The molecule has 0 bridgehead atoms. The Kier molecular flexibility index (Phi) is 3.38. The number of fused-ring (bicyclic) bond motifs is 1. The average Bonchev–Trinajstić information content (AvgIpc) is 3.41. The highest BCUT2D eigenvalue weighted by atomic mass is 16.5. The Balaban J connectivity index is 1.42. The number of nitrogens with zero attached hydrogens (tertiary/aromatic N) is 2. The van der Waals surface area contributed by atoms with Crippen LogP contribution < -0.4 is 5.32 Å². The number of nitrogens with one attached hydrogen (secondary N) is 2. The van der Waals surface area contributed by atoms with Crippen molar-refractivity contribution in [3.05, 3.63) is 60.7 Å². The number of hydrogen-bond acceptors (Lipinski definition) is 4. The van der Waals surface area contributed by atoms with Gasteiger partial charge in [0.2, 0.25) is 0 Å². The number of aromatic nitrogens is 3. The second kappa shape index (κ2) is 5.86. The molecular formula is C20H18N4O. The number of imidazole rings is 1. The Morgan fingerprint density at radius 2 is 1.80 bits per heavy atom. The molecule has 25 heavy (non-hydrogen) atoms. The molecule has 124 valence electrons. The molecule has 3 heterocycles.